The SMILES string of the molecule is Cn1c(=O)c(C#N)c(N2CCC[C@H](CCNc3ccc(OC(F)(F)F)cc3)C2)c2nc(Cl)ccc21. The van der Waals surface area contributed by atoms with Gasteiger partial charge in [-0.25, -0.2) is 4.98 Å². The Hall–Kier alpha value is -3.45. The van der Waals surface area contributed by atoms with Gasteiger partial charge in [-0.2, -0.15) is 5.26 Å². The number of hydrogen-bond acceptors (Lipinski definition) is 6. The predicted octanol–water partition coefficient (Wildman–Crippen LogP) is 5.08. The quantitative estimate of drug-likeness (QED) is 0.471. The van der Waals surface area contributed by atoms with Crippen molar-refractivity contribution in [2.45, 2.75) is 25.6 Å². The Balaban J connectivity index is 1.46. The van der Waals surface area contributed by atoms with E-state index in [-0.39, 0.29) is 27.9 Å². The summed E-state index contributed by atoms with van der Waals surface area (Å²) < 4.78 is 42.2. The summed E-state index contributed by atoms with van der Waals surface area (Å²) in [6.45, 7) is 1.95. The lowest BCUT2D eigenvalue weighted by Crippen LogP contribution is -2.38. The van der Waals surface area contributed by atoms with Crippen LogP contribution in [0.15, 0.2) is 41.2 Å². The van der Waals surface area contributed by atoms with E-state index in [1.165, 1.54) is 28.8 Å². The first-order valence-electron chi connectivity index (χ1n) is 11.1. The van der Waals surface area contributed by atoms with Crippen LogP contribution in [-0.4, -0.2) is 35.5 Å². The zero-order chi connectivity index (χ0) is 25.2. The molecule has 11 heteroatoms. The number of nitriles is 1. The van der Waals surface area contributed by atoms with Gasteiger partial charge in [-0.1, -0.05) is 11.6 Å². The molecule has 0 spiro atoms. The molecule has 4 rings (SSSR count). The number of nitrogens with zero attached hydrogens (tertiary/aromatic N) is 4. The highest BCUT2D eigenvalue weighted by molar-refractivity contribution is 6.29. The van der Waals surface area contributed by atoms with Crippen LogP contribution in [0.25, 0.3) is 11.0 Å². The van der Waals surface area contributed by atoms with Gasteiger partial charge in [-0.05, 0) is 61.6 Å². The molecule has 1 atom stereocenters. The van der Waals surface area contributed by atoms with E-state index in [1.54, 1.807) is 19.2 Å². The van der Waals surface area contributed by atoms with Gasteiger partial charge in [0.2, 0.25) is 0 Å². The lowest BCUT2D eigenvalue weighted by Gasteiger charge is -2.35. The molecule has 1 N–H and O–H groups in total. The van der Waals surface area contributed by atoms with E-state index in [1.807, 2.05) is 4.90 Å². The normalized spacial score (nSPS) is 16.2. The van der Waals surface area contributed by atoms with Crippen LogP contribution in [0.5, 0.6) is 5.75 Å². The van der Waals surface area contributed by atoms with Gasteiger partial charge in [-0.15, -0.1) is 13.2 Å². The number of anilines is 2. The number of pyridine rings is 2. The van der Waals surface area contributed by atoms with Crippen molar-refractivity contribution in [1.82, 2.24) is 9.55 Å². The number of alkyl halides is 3. The molecule has 2 aromatic heterocycles. The second kappa shape index (κ2) is 10.0. The minimum atomic E-state index is -4.72. The highest BCUT2D eigenvalue weighted by Gasteiger charge is 2.31. The third-order valence-corrected chi connectivity index (χ3v) is 6.31. The van der Waals surface area contributed by atoms with Gasteiger partial charge in [0.1, 0.15) is 28.1 Å². The van der Waals surface area contributed by atoms with Crippen molar-refractivity contribution in [2.24, 2.45) is 13.0 Å². The average molecular weight is 506 g/mol. The number of hydrogen-bond donors (Lipinski definition) is 1. The van der Waals surface area contributed by atoms with Crippen molar-refractivity contribution in [3.8, 4) is 11.8 Å². The van der Waals surface area contributed by atoms with Gasteiger partial charge in [0.05, 0.1) is 11.2 Å². The molecule has 7 nitrogen and oxygen atoms in total. The molecular weight excluding hydrogens is 483 g/mol. The van der Waals surface area contributed by atoms with Crippen molar-refractivity contribution in [3.05, 3.63) is 57.5 Å². The van der Waals surface area contributed by atoms with Crippen LogP contribution in [0.2, 0.25) is 5.15 Å². The van der Waals surface area contributed by atoms with E-state index < -0.39 is 6.36 Å². The summed E-state index contributed by atoms with van der Waals surface area (Å²) in [7, 11) is 1.61. The predicted molar refractivity (Wildman–Crippen MR) is 128 cm³/mol. The number of aryl methyl sites for hydroxylation is 1. The largest absolute Gasteiger partial charge is 0.573 e. The number of ether oxygens (including phenoxy) is 1. The molecule has 0 radical (unpaired) electrons. The Morgan fingerprint density at radius 1 is 1.26 bits per heavy atom. The Labute approximate surface area is 204 Å². The van der Waals surface area contributed by atoms with E-state index >= 15 is 0 Å². The molecule has 35 heavy (non-hydrogen) atoms. The van der Waals surface area contributed by atoms with Gasteiger partial charge < -0.3 is 19.5 Å². The number of benzene rings is 1. The fourth-order valence-corrected chi connectivity index (χ4v) is 4.62. The highest BCUT2D eigenvalue weighted by Crippen LogP contribution is 2.32. The van der Waals surface area contributed by atoms with Gasteiger partial charge in [-0.3, -0.25) is 4.79 Å². The molecule has 184 valence electrons. The first-order valence-corrected chi connectivity index (χ1v) is 11.5. The Kier molecular flexibility index (Phi) is 7.08. The fraction of sp³-hybridized carbons (Fsp3) is 0.375. The molecule has 3 heterocycles. The van der Waals surface area contributed by atoms with Gasteiger partial charge in [0.15, 0.2) is 0 Å². The molecule has 1 fully saturated rings. The Morgan fingerprint density at radius 3 is 2.69 bits per heavy atom. The molecule has 3 aromatic rings. The van der Waals surface area contributed by atoms with E-state index in [9.17, 15) is 23.2 Å². The molecular formula is C24H23ClF3N5O2. The van der Waals surface area contributed by atoms with Gasteiger partial charge in [0.25, 0.3) is 5.56 Å². The Morgan fingerprint density at radius 2 is 2.00 bits per heavy atom. The van der Waals surface area contributed by atoms with Crippen LogP contribution in [0.3, 0.4) is 0 Å². The molecule has 0 amide bonds. The molecule has 0 aliphatic carbocycles. The zero-order valence-electron chi connectivity index (χ0n) is 18.9. The lowest BCUT2D eigenvalue weighted by atomic mass is 9.93. The number of nitrogens with one attached hydrogen (secondary N) is 1. The molecule has 0 saturated carbocycles. The monoisotopic (exact) mass is 505 g/mol. The molecule has 1 aliphatic rings. The summed E-state index contributed by atoms with van der Waals surface area (Å²) in [5.41, 5.74) is 2.02. The standard InChI is InChI=1S/C24H23ClF3N5O2/c1-32-19-8-9-20(25)31-21(19)22(18(13-29)23(32)34)33-12-2-3-15(14-33)10-11-30-16-4-6-17(7-5-16)35-24(26,27)28/h4-9,15,30H,2-3,10-12,14H2,1H3/t15-/m1/s1. The molecule has 1 aromatic carbocycles. The summed E-state index contributed by atoms with van der Waals surface area (Å²) >= 11 is 6.14. The third kappa shape index (κ3) is 5.62. The number of fused-ring (bicyclic) bond motifs is 1. The molecule has 0 unspecified atom stereocenters. The van der Waals surface area contributed by atoms with Crippen LogP contribution in [0, 0.1) is 17.2 Å². The van der Waals surface area contributed by atoms with Crippen molar-refractivity contribution < 1.29 is 17.9 Å². The first-order chi connectivity index (χ1) is 16.7. The number of halogens is 4. The fourth-order valence-electron chi connectivity index (χ4n) is 4.48. The van der Waals surface area contributed by atoms with Crippen LogP contribution in [0.1, 0.15) is 24.8 Å². The second-order valence-electron chi connectivity index (χ2n) is 8.44. The third-order valence-electron chi connectivity index (χ3n) is 6.10. The summed E-state index contributed by atoms with van der Waals surface area (Å²) in [5, 5.41) is 13.3. The Bertz CT molecular complexity index is 1320. The summed E-state index contributed by atoms with van der Waals surface area (Å²) in [6.07, 6.45) is -2.05. The first kappa shape index (κ1) is 24.7. The van der Waals surface area contributed by atoms with Crippen LogP contribution in [-0.2, 0) is 7.05 Å². The van der Waals surface area contributed by atoms with Crippen LogP contribution >= 0.6 is 11.6 Å². The molecule has 1 saturated heterocycles. The van der Waals surface area contributed by atoms with Gasteiger partial charge in [0, 0.05) is 32.4 Å². The number of rotatable bonds is 6. The lowest BCUT2D eigenvalue weighted by molar-refractivity contribution is -0.274. The van der Waals surface area contributed by atoms with E-state index in [0.717, 1.165) is 19.3 Å². The van der Waals surface area contributed by atoms with Crippen molar-refractivity contribution in [1.29, 1.82) is 5.26 Å². The maximum Gasteiger partial charge on any atom is 0.573 e. The van der Waals surface area contributed by atoms with Crippen molar-refractivity contribution >= 4 is 34.0 Å². The zero-order valence-corrected chi connectivity index (χ0v) is 19.7. The van der Waals surface area contributed by atoms with Crippen molar-refractivity contribution in [2.75, 3.05) is 29.9 Å². The smallest absolute Gasteiger partial charge is 0.406 e. The second-order valence-corrected chi connectivity index (χ2v) is 8.83. The van der Waals surface area contributed by atoms with E-state index in [2.05, 4.69) is 21.1 Å². The maximum atomic E-state index is 12.8. The summed E-state index contributed by atoms with van der Waals surface area (Å²) in [5.74, 6) is 0.0168. The van der Waals surface area contributed by atoms with Crippen LogP contribution < -0.4 is 20.5 Å². The summed E-state index contributed by atoms with van der Waals surface area (Å²) in [4.78, 5) is 19.3. The number of aromatic nitrogens is 2. The van der Waals surface area contributed by atoms with Crippen molar-refractivity contribution in [3.63, 3.8) is 0 Å². The minimum absolute atomic E-state index is 0.0507. The minimum Gasteiger partial charge on any atom is -0.406 e. The van der Waals surface area contributed by atoms with Gasteiger partial charge >= 0.3 is 6.36 Å². The van der Waals surface area contributed by atoms with E-state index in [4.69, 9.17) is 11.6 Å². The van der Waals surface area contributed by atoms with E-state index in [0.29, 0.717) is 42.0 Å². The topological polar surface area (TPSA) is 83.2 Å². The summed E-state index contributed by atoms with van der Waals surface area (Å²) in [6, 6.07) is 11.0. The van der Waals surface area contributed by atoms with Crippen LogP contribution in [0.4, 0.5) is 24.5 Å². The highest BCUT2D eigenvalue weighted by atomic mass is 35.5. The maximum absolute atomic E-state index is 12.8. The average Bonchev–Trinajstić information content (AvgIpc) is 2.81. The molecule has 1 aliphatic heterocycles. The molecule has 0 bridgehead atoms. The number of piperidine rings is 1.